The van der Waals surface area contributed by atoms with Gasteiger partial charge in [0.25, 0.3) is 11.7 Å². The van der Waals surface area contributed by atoms with Crippen molar-refractivity contribution in [2.45, 2.75) is 32.2 Å². The quantitative estimate of drug-likeness (QED) is 0.231. The fourth-order valence-corrected chi connectivity index (χ4v) is 5.06. The van der Waals surface area contributed by atoms with Crippen molar-refractivity contribution in [2.24, 2.45) is 0 Å². The van der Waals surface area contributed by atoms with Crippen LogP contribution in [0.3, 0.4) is 0 Å². The summed E-state index contributed by atoms with van der Waals surface area (Å²) < 4.78 is 10.7. The van der Waals surface area contributed by atoms with Gasteiger partial charge in [0.05, 0.1) is 36.4 Å². The first-order chi connectivity index (χ1) is 17.5. The number of methoxy groups -OCH3 is 2. The van der Waals surface area contributed by atoms with Crippen LogP contribution in [0.5, 0.6) is 11.5 Å². The molecule has 7 nitrogen and oxygen atoms in total. The first-order valence-electron chi connectivity index (χ1n) is 11.4. The number of hydrogen-bond donors (Lipinski definition) is 1. The number of aliphatic hydroxyl groups is 1. The second kappa shape index (κ2) is 10.1. The third-order valence-corrected chi connectivity index (χ3v) is 6.90. The Kier molecular flexibility index (Phi) is 7.22. The summed E-state index contributed by atoms with van der Waals surface area (Å²) in [6.07, 6.45) is 3.11. The highest BCUT2D eigenvalue weighted by Crippen LogP contribution is 2.48. The van der Waals surface area contributed by atoms with Crippen LogP contribution < -0.4 is 14.4 Å². The molecule has 0 aliphatic carbocycles. The van der Waals surface area contributed by atoms with Gasteiger partial charge in [0.1, 0.15) is 10.8 Å². The monoisotopic (exact) mass is 540 g/mol. The van der Waals surface area contributed by atoms with Gasteiger partial charge in [-0.3, -0.25) is 19.5 Å². The number of rotatable bonds is 5. The number of amides is 1. The molecule has 0 bridgehead atoms. The molecule has 1 N–H and O–H groups in total. The van der Waals surface area contributed by atoms with E-state index in [9.17, 15) is 14.7 Å². The van der Waals surface area contributed by atoms with Gasteiger partial charge >= 0.3 is 0 Å². The zero-order valence-corrected chi connectivity index (χ0v) is 22.5. The SMILES string of the molecule is COc1c(Cl)cc(/C(O)=C2\C(=O)C(=O)N(c3ccc(C(C)(C)C)cc3)C2c2ccncc2)c(OC)c1Cl. The van der Waals surface area contributed by atoms with Gasteiger partial charge in [-0.15, -0.1) is 0 Å². The van der Waals surface area contributed by atoms with Gasteiger partial charge in [0.15, 0.2) is 11.5 Å². The summed E-state index contributed by atoms with van der Waals surface area (Å²) in [7, 11) is 2.76. The first-order valence-corrected chi connectivity index (χ1v) is 12.2. The van der Waals surface area contributed by atoms with E-state index in [0.29, 0.717) is 11.3 Å². The van der Waals surface area contributed by atoms with Crippen molar-refractivity contribution < 1.29 is 24.2 Å². The lowest BCUT2D eigenvalue weighted by Crippen LogP contribution is -2.29. The number of aliphatic hydroxyl groups excluding tert-OH is 1. The van der Waals surface area contributed by atoms with E-state index in [-0.39, 0.29) is 38.1 Å². The van der Waals surface area contributed by atoms with Crippen LogP contribution in [0.2, 0.25) is 10.0 Å². The number of carbonyl (C=O) groups is 2. The molecule has 2 aromatic carbocycles. The number of benzene rings is 2. The van der Waals surface area contributed by atoms with Crippen LogP contribution >= 0.6 is 23.2 Å². The maximum atomic E-state index is 13.5. The van der Waals surface area contributed by atoms with Crippen molar-refractivity contribution in [1.29, 1.82) is 0 Å². The molecule has 192 valence electrons. The van der Waals surface area contributed by atoms with Crippen molar-refractivity contribution in [3.63, 3.8) is 0 Å². The van der Waals surface area contributed by atoms with Gasteiger partial charge in [-0.05, 0) is 46.9 Å². The number of ketones is 1. The Morgan fingerprint density at radius 2 is 1.57 bits per heavy atom. The molecule has 0 saturated carbocycles. The molecule has 37 heavy (non-hydrogen) atoms. The van der Waals surface area contributed by atoms with E-state index < -0.39 is 23.5 Å². The maximum Gasteiger partial charge on any atom is 0.300 e. The highest BCUT2D eigenvalue weighted by Gasteiger charge is 2.47. The van der Waals surface area contributed by atoms with E-state index in [1.165, 1.54) is 25.2 Å². The Labute approximate surface area is 225 Å². The second-order valence-electron chi connectivity index (χ2n) is 9.53. The molecule has 4 rings (SSSR count). The number of hydrogen-bond acceptors (Lipinski definition) is 6. The molecule has 1 unspecified atom stereocenters. The number of anilines is 1. The van der Waals surface area contributed by atoms with Crippen molar-refractivity contribution in [1.82, 2.24) is 4.98 Å². The Morgan fingerprint density at radius 1 is 0.973 bits per heavy atom. The normalized spacial score (nSPS) is 17.3. The molecule has 2 heterocycles. The second-order valence-corrected chi connectivity index (χ2v) is 10.3. The van der Waals surface area contributed by atoms with Crippen molar-refractivity contribution in [3.8, 4) is 11.5 Å². The van der Waals surface area contributed by atoms with E-state index >= 15 is 0 Å². The van der Waals surface area contributed by atoms with E-state index in [0.717, 1.165) is 5.56 Å². The van der Waals surface area contributed by atoms with Gasteiger partial charge < -0.3 is 14.6 Å². The van der Waals surface area contributed by atoms with Crippen LogP contribution in [0.1, 0.15) is 43.5 Å². The van der Waals surface area contributed by atoms with E-state index in [1.54, 1.807) is 36.7 Å². The van der Waals surface area contributed by atoms with Crippen molar-refractivity contribution >= 4 is 46.3 Å². The van der Waals surface area contributed by atoms with E-state index in [4.69, 9.17) is 32.7 Å². The summed E-state index contributed by atoms with van der Waals surface area (Å²) in [6, 6.07) is 11.2. The topological polar surface area (TPSA) is 89.0 Å². The lowest BCUT2D eigenvalue weighted by atomic mass is 9.87. The van der Waals surface area contributed by atoms with Gasteiger partial charge in [0.2, 0.25) is 0 Å². The molecular formula is C28H26Cl2N2O5. The number of carbonyl (C=O) groups excluding carboxylic acids is 2. The minimum atomic E-state index is -0.937. The summed E-state index contributed by atoms with van der Waals surface area (Å²) in [6.45, 7) is 6.26. The molecule has 0 spiro atoms. The molecular weight excluding hydrogens is 515 g/mol. The van der Waals surface area contributed by atoms with Gasteiger partial charge in [-0.1, -0.05) is 56.1 Å². The van der Waals surface area contributed by atoms with Crippen LogP contribution in [0.25, 0.3) is 5.76 Å². The largest absolute Gasteiger partial charge is 0.507 e. The Balaban J connectivity index is 1.96. The number of ether oxygens (including phenoxy) is 2. The van der Waals surface area contributed by atoms with Crippen LogP contribution in [0, 0.1) is 0 Å². The third-order valence-electron chi connectivity index (χ3n) is 6.27. The van der Waals surface area contributed by atoms with Gasteiger partial charge in [-0.25, -0.2) is 0 Å². The average Bonchev–Trinajstić information content (AvgIpc) is 3.14. The zero-order valence-electron chi connectivity index (χ0n) is 21.0. The number of aromatic nitrogens is 1. The minimum absolute atomic E-state index is 0.0199. The van der Waals surface area contributed by atoms with Crippen LogP contribution in [0.4, 0.5) is 5.69 Å². The first kappa shape index (κ1) is 26.5. The van der Waals surface area contributed by atoms with Gasteiger partial charge in [-0.2, -0.15) is 0 Å². The lowest BCUT2D eigenvalue weighted by Gasteiger charge is -2.26. The third kappa shape index (κ3) is 4.65. The van der Waals surface area contributed by atoms with Crippen molar-refractivity contribution in [3.05, 3.63) is 87.2 Å². The molecule has 1 saturated heterocycles. The van der Waals surface area contributed by atoms with Crippen LogP contribution in [-0.2, 0) is 15.0 Å². The Morgan fingerprint density at radius 3 is 2.11 bits per heavy atom. The summed E-state index contributed by atoms with van der Waals surface area (Å²) in [4.78, 5) is 32.3. The summed E-state index contributed by atoms with van der Waals surface area (Å²) >= 11 is 12.8. The fourth-order valence-electron chi connectivity index (χ4n) is 4.37. The molecule has 3 aromatic rings. The highest BCUT2D eigenvalue weighted by atomic mass is 35.5. The van der Waals surface area contributed by atoms with Gasteiger partial charge in [0, 0.05) is 18.1 Å². The molecule has 0 radical (unpaired) electrons. The van der Waals surface area contributed by atoms with Crippen LogP contribution in [0.15, 0.2) is 60.4 Å². The Hall–Kier alpha value is -3.55. The maximum absolute atomic E-state index is 13.5. The fraction of sp³-hybridized carbons (Fsp3) is 0.250. The number of nitrogens with zero attached hydrogens (tertiary/aromatic N) is 2. The number of pyridine rings is 1. The Bertz CT molecular complexity index is 1400. The van der Waals surface area contributed by atoms with Crippen molar-refractivity contribution in [2.75, 3.05) is 19.1 Å². The molecule has 1 amide bonds. The number of halogens is 2. The molecule has 1 atom stereocenters. The number of Topliss-reactive ketones (excluding diaryl/α,β-unsaturated/α-hetero) is 1. The predicted molar refractivity (Wildman–Crippen MR) is 144 cm³/mol. The average molecular weight is 541 g/mol. The lowest BCUT2D eigenvalue weighted by molar-refractivity contribution is -0.132. The molecule has 1 aliphatic rings. The zero-order chi connectivity index (χ0) is 27.1. The molecule has 1 fully saturated rings. The van der Waals surface area contributed by atoms with E-state index in [2.05, 4.69) is 25.8 Å². The van der Waals surface area contributed by atoms with E-state index in [1.807, 2.05) is 12.1 Å². The standard InChI is InChI=1S/C28H26Cl2N2O5/c1-28(2,3)16-6-8-17(9-7-16)32-22(15-10-12-31-13-11-15)20(24(34)27(32)35)23(33)18-14-19(29)26(37-5)21(30)25(18)36-4/h6-14,22,33H,1-5H3/b23-20+. The minimum Gasteiger partial charge on any atom is -0.507 e. The summed E-state index contributed by atoms with van der Waals surface area (Å²) in [5.41, 5.74) is 1.99. The summed E-state index contributed by atoms with van der Waals surface area (Å²) in [5, 5.41) is 11.6. The molecule has 1 aromatic heterocycles. The van der Waals surface area contributed by atoms with Crippen LogP contribution in [-0.4, -0.2) is 36.0 Å². The summed E-state index contributed by atoms with van der Waals surface area (Å²) in [5.74, 6) is -1.91. The highest BCUT2D eigenvalue weighted by molar-refractivity contribution is 6.52. The molecule has 1 aliphatic heterocycles. The molecule has 9 heteroatoms. The smallest absolute Gasteiger partial charge is 0.300 e. The predicted octanol–water partition coefficient (Wildman–Crippen LogP) is 6.33.